The highest BCUT2D eigenvalue weighted by Gasteiger charge is 2.25. The zero-order valence-corrected chi connectivity index (χ0v) is 15.4. The van der Waals surface area contributed by atoms with Crippen LogP contribution in [0.25, 0.3) is 23.6 Å². The lowest BCUT2D eigenvalue weighted by Gasteiger charge is -2.24. The number of hydrogen-bond acceptors (Lipinski definition) is 5. The molecule has 0 bridgehead atoms. The summed E-state index contributed by atoms with van der Waals surface area (Å²) in [4.78, 5) is 12.3. The van der Waals surface area contributed by atoms with Gasteiger partial charge in [0.15, 0.2) is 0 Å². The van der Waals surface area contributed by atoms with E-state index in [-0.39, 0.29) is 11.9 Å². The Morgan fingerprint density at radius 2 is 1.83 bits per heavy atom. The van der Waals surface area contributed by atoms with Gasteiger partial charge in [-0.05, 0) is 42.3 Å². The third-order valence-corrected chi connectivity index (χ3v) is 4.84. The van der Waals surface area contributed by atoms with Crippen molar-refractivity contribution in [2.24, 2.45) is 0 Å². The van der Waals surface area contributed by atoms with Crippen molar-refractivity contribution in [3.63, 3.8) is 0 Å². The quantitative estimate of drug-likeness (QED) is 0.561. The van der Waals surface area contributed by atoms with Gasteiger partial charge in [0.05, 0.1) is 17.4 Å². The number of hydrogen-bond donors (Lipinski definition) is 2. The van der Waals surface area contributed by atoms with E-state index in [2.05, 4.69) is 25.7 Å². The molecule has 142 valence electrons. The zero-order chi connectivity index (χ0) is 19.6. The molecule has 29 heavy (non-hydrogen) atoms. The number of rotatable bonds is 4. The first-order valence-corrected chi connectivity index (χ1v) is 9.27. The Morgan fingerprint density at radius 3 is 2.72 bits per heavy atom. The van der Waals surface area contributed by atoms with Crippen LogP contribution in [0.5, 0.6) is 0 Å². The molecule has 4 aromatic rings. The molecular formula is C22H17N5O2. The Hall–Kier alpha value is -4.00. The number of aromatic amines is 1. The second kappa shape index (κ2) is 7.20. The van der Waals surface area contributed by atoms with Crippen LogP contribution in [0.2, 0.25) is 0 Å². The lowest BCUT2D eigenvalue weighted by atomic mass is 9.93. The van der Waals surface area contributed by atoms with E-state index < -0.39 is 0 Å². The average Bonchev–Trinajstić information content (AvgIpc) is 3.43. The van der Waals surface area contributed by atoms with Gasteiger partial charge in [0.25, 0.3) is 5.91 Å². The van der Waals surface area contributed by atoms with E-state index in [1.165, 1.54) is 0 Å². The first kappa shape index (κ1) is 17.1. The van der Waals surface area contributed by atoms with Crippen LogP contribution in [0, 0.1) is 0 Å². The summed E-state index contributed by atoms with van der Waals surface area (Å²) >= 11 is 0. The number of aromatic nitrogens is 4. The second-order valence-electron chi connectivity index (χ2n) is 6.78. The van der Waals surface area contributed by atoms with Crippen LogP contribution in [0.1, 0.15) is 39.2 Å². The summed E-state index contributed by atoms with van der Waals surface area (Å²) in [5.41, 5.74) is 4.20. The topological polar surface area (TPSA) is 96.7 Å². The molecule has 0 saturated carbocycles. The van der Waals surface area contributed by atoms with Crippen molar-refractivity contribution in [1.82, 2.24) is 25.7 Å². The van der Waals surface area contributed by atoms with Crippen molar-refractivity contribution >= 4 is 18.1 Å². The number of carbonyl (C=O) groups excluding carboxylic acids is 1. The molecule has 1 amide bonds. The van der Waals surface area contributed by atoms with Crippen LogP contribution in [0.3, 0.4) is 0 Å². The first-order valence-electron chi connectivity index (χ1n) is 9.27. The molecule has 7 nitrogen and oxygen atoms in total. The second-order valence-corrected chi connectivity index (χ2v) is 6.78. The van der Waals surface area contributed by atoms with E-state index in [4.69, 9.17) is 4.42 Å². The van der Waals surface area contributed by atoms with E-state index in [1.54, 1.807) is 12.2 Å². The van der Waals surface area contributed by atoms with Gasteiger partial charge >= 0.3 is 0 Å². The van der Waals surface area contributed by atoms with Gasteiger partial charge in [-0.3, -0.25) is 9.89 Å². The molecule has 5 rings (SSSR count). The molecule has 1 unspecified atom stereocenters. The van der Waals surface area contributed by atoms with Crippen molar-refractivity contribution in [3.8, 4) is 11.5 Å². The maximum absolute atomic E-state index is 12.3. The summed E-state index contributed by atoms with van der Waals surface area (Å²) < 4.78 is 5.66. The molecule has 0 aliphatic carbocycles. The van der Waals surface area contributed by atoms with Crippen LogP contribution in [0.15, 0.2) is 65.1 Å². The molecule has 2 N–H and O–H groups in total. The Bertz CT molecular complexity index is 1190. The Kier molecular flexibility index (Phi) is 4.25. The highest BCUT2D eigenvalue weighted by atomic mass is 16.4. The number of H-pyrrole nitrogens is 1. The largest absolute Gasteiger partial charge is 0.417 e. The Labute approximate surface area is 166 Å². The predicted octanol–water partition coefficient (Wildman–Crippen LogP) is 3.66. The average molecular weight is 383 g/mol. The maximum atomic E-state index is 12.3. The fourth-order valence-corrected chi connectivity index (χ4v) is 3.39. The summed E-state index contributed by atoms with van der Waals surface area (Å²) in [6.07, 6.45) is 4.23. The first-order chi connectivity index (χ1) is 14.3. The predicted molar refractivity (Wildman–Crippen MR) is 108 cm³/mol. The number of nitrogens with one attached hydrogen (secondary N) is 2. The number of benzene rings is 2. The lowest BCUT2D eigenvalue weighted by molar-refractivity contribution is 0.0924. The normalized spacial score (nSPS) is 16.0. The number of amides is 1. The molecule has 2 aromatic heterocycles. The minimum absolute atomic E-state index is 0.0668. The minimum Gasteiger partial charge on any atom is -0.417 e. The summed E-state index contributed by atoms with van der Waals surface area (Å²) in [7, 11) is 0. The van der Waals surface area contributed by atoms with E-state index >= 15 is 0 Å². The van der Waals surface area contributed by atoms with E-state index in [0.29, 0.717) is 17.5 Å². The molecule has 1 atom stereocenters. The zero-order valence-electron chi connectivity index (χ0n) is 15.4. The summed E-state index contributed by atoms with van der Waals surface area (Å²) in [5, 5.41) is 18.4. The van der Waals surface area contributed by atoms with Gasteiger partial charge in [0, 0.05) is 17.2 Å². The molecule has 3 heterocycles. The number of carbonyl (C=O) groups is 1. The fraction of sp³-hybridized carbons (Fsp3) is 0.0909. The molecule has 7 heteroatoms. The smallest absolute Gasteiger partial charge is 0.252 e. The lowest BCUT2D eigenvalue weighted by Crippen LogP contribution is -2.35. The Balaban J connectivity index is 1.31. The maximum Gasteiger partial charge on any atom is 0.252 e. The molecule has 0 fully saturated rings. The summed E-state index contributed by atoms with van der Waals surface area (Å²) in [5.74, 6) is 0.799. The standard InChI is InChI=1S/C22H17N5O2/c28-21-17-9-5-4-8-15(17)12-18(23-21)19-13-16(24-25-19)10-11-20-26-27-22(29-20)14-6-2-1-3-7-14/h1-11,13,18H,12H2,(H,23,28)(H,24,25)/b11-10+. The van der Waals surface area contributed by atoms with E-state index in [1.807, 2.05) is 60.7 Å². The molecule has 1 aliphatic heterocycles. The number of fused-ring (bicyclic) bond motifs is 1. The van der Waals surface area contributed by atoms with E-state index in [0.717, 1.165) is 28.8 Å². The van der Waals surface area contributed by atoms with Crippen molar-refractivity contribution in [2.75, 3.05) is 0 Å². The van der Waals surface area contributed by atoms with Crippen LogP contribution < -0.4 is 5.32 Å². The molecule has 2 aromatic carbocycles. The van der Waals surface area contributed by atoms with Gasteiger partial charge in [0.1, 0.15) is 0 Å². The summed E-state index contributed by atoms with van der Waals surface area (Å²) in [6.45, 7) is 0. The van der Waals surface area contributed by atoms with Crippen molar-refractivity contribution < 1.29 is 9.21 Å². The van der Waals surface area contributed by atoms with Crippen molar-refractivity contribution in [2.45, 2.75) is 12.5 Å². The van der Waals surface area contributed by atoms with Gasteiger partial charge in [-0.25, -0.2) is 0 Å². The van der Waals surface area contributed by atoms with Crippen molar-refractivity contribution in [3.05, 3.63) is 89.1 Å². The monoisotopic (exact) mass is 383 g/mol. The fourth-order valence-electron chi connectivity index (χ4n) is 3.39. The highest BCUT2D eigenvalue weighted by molar-refractivity contribution is 5.97. The van der Waals surface area contributed by atoms with Gasteiger partial charge < -0.3 is 9.73 Å². The highest BCUT2D eigenvalue weighted by Crippen LogP contribution is 2.25. The van der Waals surface area contributed by atoms with E-state index in [9.17, 15) is 4.79 Å². The van der Waals surface area contributed by atoms with Gasteiger partial charge in [0.2, 0.25) is 11.8 Å². The van der Waals surface area contributed by atoms with Crippen molar-refractivity contribution in [1.29, 1.82) is 0 Å². The van der Waals surface area contributed by atoms with Gasteiger partial charge in [-0.15, -0.1) is 10.2 Å². The molecule has 0 spiro atoms. The van der Waals surface area contributed by atoms with Crippen LogP contribution in [-0.4, -0.2) is 26.3 Å². The molecular weight excluding hydrogens is 366 g/mol. The third kappa shape index (κ3) is 3.45. The van der Waals surface area contributed by atoms with Gasteiger partial charge in [-0.2, -0.15) is 5.10 Å². The third-order valence-electron chi connectivity index (χ3n) is 4.84. The minimum atomic E-state index is -0.139. The van der Waals surface area contributed by atoms with Crippen LogP contribution in [0.4, 0.5) is 0 Å². The number of nitrogens with zero attached hydrogens (tertiary/aromatic N) is 3. The molecule has 0 saturated heterocycles. The molecule has 1 aliphatic rings. The van der Waals surface area contributed by atoms with Crippen LogP contribution >= 0.6 is 0 Å². The molecule has 0 radical (unpaired) electrons. The van der Waals surface area contributed by atoms with Crippen LogP contribution in [-0.2, 0) is 6.42 Å². The van der Waals surface area contributed by atoms with Gasteiger partial charge in [-0.1, -0.05) is 36.4 Å². The summed E-state index contributed by atoms with van der Waals surface area (Å²) in [6, 6.07) is 19.0. The SMILES string of the molecule is O=C1NC(c2cc(/C=C/c3nnc(-c4ccccc4)o3)n[nH]2)Cc2ccccc21. The Morgan fingerprint density at radius 1 is 1.00 bits per heavy atom.